The first-order valence-corrected chi connectivity index (χ1v) is 3.87. The molecule has 2 heterocycles. The minimum Gasteiger partial charge on any atom is -1.00 e. The highest BCUT2D eigenvalue weighted by molar-refractivity contribution is 7.29. The Hall–Kier alpha value is -0.390. The summed E-state index contributed by atoms with van der Waals surface area (Å²) in [5.41, 5.74) is 0. The lowest BCUT2D eigenvalue weighted by Gasteiger charge is -1.71. The highest BCUT2D eigenvalue weighted by atomic mass is 35.5. The predicted molar refractivity (Wildman–Crippen MR) is 37.5 cm³/mol. The van der Waals surface area contributed by atoms with E-state index in [-0.39, 0.29) is 12.4 Å². The molecule has 6 heteroatoms. The van der Waals surface area contributed by atoms with Crippen LogP contribution in [-0.2, 0) is 0 Å². The molecule has 10 heavy (non-hydrogen) atoms. The second-order valence-electron chi connectivity index (χ2n) is 1.42. The SMILES string of the molecule is [Cl-].c1cnc2[s+]nsc2n1. The number of rotatable bonds is 0. The van der Waals surface area contributed by atoms with Crippen molar-refractivity contribution in [3.05, 3.63) is 12.4 Å². The van der Waals surface area contributed by atoms with Gasteiger partial charge in [-0.1, -0.05) is 0 Å². The first kappa shape index (κ1) is 7.71. The van der Waals surface area contributed by atoms with Crippen molar-refractivity contribution < 1.29 is 12.4 Å². The molecule has 0 amide bonds. The van der Waals surface area contributed by atoms with Crippen LogP contribution in [0.4, 0.5) is 0 Å². The van der Waals surface area contributed by atoms with E-state index in [0.29, 0.717) is 0 Å². The van der Waals surface area contributed by atoms with Gasteiger partial charge in [-0.05, 0) is 0 Å². The monoisotopic (exact) mass is 191 g/mol. The van der Waals surface area contributed by atoms with Crippen molar-refractivity contribution in [3.8, 4) is 0 Å². The van der Waals surface area contributed by atoms with E-state index in [9.17, 15) is 0 Å². The molecule has 0 saturated carbocycles. The van der Waals surface area contributed by atoms with Gasteiger partial charge in [-0.25, -0.2) is 9.97 Å². The molecular weight excluding hydrogens is 190 g/mol. The van der Waals surface area contributed by atoms with E-state index in [1.165, 1.54) is 23.1 Å². The molecule has 0 aliphatic carbocycles. The summed E-state index contributed by atoms with van der Waals surface area (Å²) in [6, 6.07) is 0. The van der Waals surface area contributed by atoms with Crippen LogP contribution in [0.1, 0.15) is 0 Å². The van der Waals surface area contributed by atoms with E-state index in [1.807, 2.05) is 0 Å². The molecule has 0 atom stereocenters. The largest absolute Gasteiger partial charge is 1.00 e. The van der Waals surface area contributed by atoms with Crippen LogP contribution in [0.25, 0.3) is 9.66 Å². The van der Waals surface area contributed by atoms with E-state index in [2.05, 4.69) is 13.7 Å². The van der Waals surface area contributed by atoms with E-state index >= 15 is 0 Å². The zero-order valence-corrected chi connectivity index (χ0v) is 7.08. The van der Waals surface area contributed by atoms with Crippen molar-refractivity contribution >= 4 is 32.7 Å². The highest BCUT2D eigenvalue weighted by Crippen LogP contribution is 2.15. The van der Waals surface area contributed by atoms with Gasteiger partial charge in [-0.3, -0.25) is 0 Å². The summed E-state index contributed by atoms with van der Waals surface area (Å²) in [5.74, 6) is 0. The van der Waals surface area contributed by atoms with Crippen LogP contribution in [0.5, 0.6) is 0 Å². The molecular formula is C4H2ClN3S2. The fraction of sp³-hybridized carbons (Fsp3) is 0. The smallest absolute Gasteiger partial charge is 0.306 e. The molecule has 2 rings (SSSR count). The molecule has 0 aliphatic rings. The molecule has 0 saturated heterocycles. The van der Waals surface area contributed by atoms with Gasteiger partial charge in [0.2, 0.25) is 23.1 Å². The first-order chi connectivity index (χ1) is 4.47. The van der Waals surface area contributed by atoms with Crippen molar-refractivity contribution in [2.45, 2.75) is 0 Å². The van der Waals surface area contributed by atoms with Gasteiger partial charge < -0.3 is 12.4 Å². The zero-order chi connectivity index (χ0) is 6.10. The highest BCUT2D eigenvalue weighted by Gasteiger charge is 2.08. The van der Waals surface area contributed by atoms with Gasteiger partial charge in [-0.2, -0.15) is 0 Å². The van der Waals surface area contributed by atoms with Gasteiger partial charge in [0, 0.05) is 12.4 Å². The second kappa shape index (κ2) is 3.14. The van der Waals surface area contributed by atoms with E-state index < -0.39 is 0 Å². The molecule has 0 aromatic carbocycles. The molecule has 3 nitrogen and oxygen atoms in total. The average molecular weight is 192 g/mol. The fourth-order valence-electron chi connectivity index (χ4n) is 0.527. The summed E-state index contributed by atoms with van der Waals surface area (Å²) in [6.45, 7) is 0. The predicted octanol–water partition coefficient (Wildman–Crippen LogP) is -1.57. The number of hydrogen-bond acceptors (Lipinski definition) is 4. The normalized spacial score (nSPS) is 9.20. The lowest BCUT2D eigenvalue weighted by molar-refractivity contribution is -0.00000184. The van der Waals surface area contributed by atoms with Crippen molar-refractivity contribution in [1.29, 1.82) is 0 Å². The zero-order valence-electron chi connectivity index (χ0n) is 4.69. The van der Waals surface area contributed by atoms with Crippen molar-refractivity contribution in [2.75, 3.05) is 0 Å². The van der Waals surface area contributed by atoms with E-state index in [1.54, 1.807) is 12.4 Å². The van der Waals surface area contributed by atoms with E-state index in [0.717, 1.165) is 9.66 Å². The Labute approximate surface area is 71.5 Å². The molecule has 2 aromatic rings. The van der Waals surface area contributed by atoms with Crippen molar-refractivity contribution in [2.24, 2.45) is 0 Å². The lowest BCUT2D eigenvalue weighted by Crippen LogP contribution is -3.00. The quantitative estimate of drug-likeness (QED) is 0.473. The Morgan fingerprint density at radius 2 is 2.10 bits per heavy atom. The van der Waals surface area contributed by atoms with Gasteiger partial charge in [0.1, 0.15) is 0 Å². The third-order valence-electron chi connectivity index (χ3n) is 0.881. The van der Waals surface area contributed by atoms with Gasteiger partial charge in [0.05, 0.1) is 3.76 Å². The summed E-state index contributed by atoms with van der Waals surface area (Å²) in [4.78, 5) is 9.93. The number of halogens is 1. The molecule has 2 aromatic heterocycles. The van der Waals surface area contributed by atoms with Gasteiger partial charge in [-0.15, -0.1) is 0 Å². The molecule has 0 bridgehead atoms. The molecule has 0 radical (unpaired) electrons. The fourth-order valence-corrected chi connectivity index (χ4v) is 1.94. The number of hydrogen-bond donors (Lipinski definition) is 0. The number of aromatic nitrogens is 3. The van der Waals surface area contributed by atoms with Crippen LogP contribution in [-0.4, -0.2) is 13.7 Å². The minimum atomic E-state index is 0. The van der Waals surface area contributed by atoms with Crippen molar-refractivity contribution in [3.63, 3.8) is 0 Å². The van der Waals surface area contributed by atoms with Gasteiger partial charge in [0.15, 0.2) is 0 Å². The van der Waals surface area contributed by atoms with Crippen LogP contribution < -0.4 is 12.4 Å². The van der Waals surface area contributed by atoms with Gasteiger partial charge >= 0.3 is 9.66 Å². The molecule has 0 N–H and O–H groups in total. The number of fused-ring (bicyclic) bond motifs is 1. The molecule has 0 unspecified atom stereocenters. The maximum Gasteiger partial charge on any atom is 0.306 e. The Balaban J connectivity index is 0.000000500. The third-order valence-corrected chi connectivity index (χ3v) is 2.55. The summed E-state index contributed by atoms with van der Waals surface area (Å²) >= 11 is 2.76. The van der Waals surface area contributed by atoms with Crippen LogP contribution in [0, 0.1) is 0 Å². The number of nitrogens with zero attached hydrogens (tertiary/aromatic N) is 3. The molecule has 0 aliphatic heterocycles. The third kappa shape index (κ3) is 1.21. The van der Waals surface area contributed by atoms with Crippen LogP contribution in [0.15, 0.2) is 12.4 Å². The van der Waals surface area contributed by atoms with E-state index in [4.69, 9.17) is 0 Å². The molecule has 0 fully saturated rings. The van der Waals surface area contributed by atoms with Crippen molar-refractivity contribution in [1.82, 2.24) is 13.7 Å². The average Bonchev–Trinajstić information content (AvgIpc) is 2.33. The van der Waals surface area contributed by atoms with Gasteiger partial charge in [0.25, 0.3) is 0 Å². The summed E-state index contributed by atoms with van der Waals surface area (Å²) in [7, 11) is 0. The standard InChI is InChI=1S/C4H2N3S2.ClH/c1-2-6-4-3(5-1)8-7-9-4;/h1-2H;1H/q+1;/p-1. The Morgan fingerprint density at radius 1 is 1.30 bits per heavy atom. The Kier molecular flexibility index (Phi) is 2.42. The van der Waals surface area contributed by atoms with Crippen LogP contribution in [0.3, 0.4) is 0 Å². The molecule has 52 valence electrons. The lowest BCUT2D eigenvalue weighted by atomic mass is 10.8. The van der Waals surface area contributed by atoms with Crippen LogP contribution >= 0.6 is 23.1 Å². The topological polar surface area (TPSA) is 38.7 Å². The van der Waals surface area contributed by atoms with Crippen LogP contribution in [0.2, 0.25) is 0 Å². The minimum absolute atomic E-state index is 0. The summed E-state index contributed by atoms with van der Waals surface area (Å²) in [6.07, 6.45) is 3.35. The first-order valence-electron chi connectivity index (χ1n) is 2.32. The Bertz CT molecular complexity index is 292. The maximum absolute atomic E-state index is 4.05. The maximum atomic E-state index is 4.05. The second-order valence-corrected chi connectivity index (χ2v) is 3.16. The summed E-state index contributed by atoms with van der Waals surface area (Å²) < 4.78 is 3.96. The Morgan fingerprint density at radius 3 is 2.90 bits per heavy atom. The molecule has 0 spiro atoms. The summed E-state index contributed by atoms with van der Waals surface area (Å²) in [5, 5.41) is 0.